The van der Waals surface area contributed by atoms with E-state index >= 15 is 0 Å². The number of likely N-dealkylation sites (tertiary alicyclic amines) is 1. The molecule has 7 heteroatoms. The van der Waals surface area contributed by atoms with E-state index in [1.54, 1.807) is 4.31 Å². The van der Waals surface area contributed by atoms with Crippen molar-refractivity contribution in [3.8, 4) is 0 Å². The van der Waals surface area contributed by atoms with Crippen molar-refractivity contribution in [1.82, 2.24) is 14.1 Å². The highest BCUT2D eigenvalue weighted by Gasteiger charge is 2.32. The average molecular weight is 422 g/mol. The molecule has 6 nitrogen and oxygen atoms in total. The third-order valence-corrected chi connectivity index (χ3v) is 8.72. The molecule has 0 N–H and O–H groups in total. The van der Waals surface area contributed by atoms with Crippen molar-refractivity contribution >= 4 is 15.9 Å². The highest BCUT2D eigenvalue weighted by atomic mass is 32.2. The van der Waals surface area contributed by atoms with Gasteiger partial charge in [0.2, 0.25) is 15.9 Å². The largest absolute Gasteiger partial charge is 0.342 e. The van der Waals surface area contributed by atoms with E-state index < -0.39 is 10.0 Å². The first-order valence-corrected chi connectivity index (χ1v) is 12.2. The lowest BCUT2D eigenvalue weighted by Gasteiger charge is -2.35. The van der Waals surface area contributed by atoms with Gasteiger partial charge in [-0.1, -0.05) is 18.9 Å². The summed E-state index contributed by atoms with van der Waals surface area (Å²) >= 11 is 0. The van der Waals surface area contributed by atoms with Crippen LogP contribution < -0.4 is 0 Å². The van der Waals surface area contributed by atoms with Crippen molar-refractivity contribution in [3.05, 3.63) is 28.3 Å². The standard InChI is InChI=1S/C22H35N3O3S/c1-17-15-18(2)20(4)22(19(17)3)29(27,28)25-13-11-23(12-14-25)16-21(26)24-9-7-5-6-8-10-24/h15H,5-14,16H2,1-4H3. The van der Waals surface area contributed by atoms with Crippen LogP contribution in [0.2, 0.25) is 0 Å². The van der Waals surface area contributed by atoms with Gasteiger partial charge >= 0.3 is 0 Å². The van der Waals surface area contributed by atoms with Crippen LogP contribution in [0.5, 0.6) is 0 Å². The number of nitrogens with zero attached hydrogens (tertiary/aromatic N) is 3. The Balaban J connectivity index is 1.65. The third-order valence-electron chi connectivity index (χ3n) is 6.54. The van der Waals surface area contributed by atoms with E-state index in [1.165, 1.54) is 12.8 Å². The molecule has 0 aromatic heterocycles. The van der Waals surface area contributed by atoms with Gasteiger partial charge in [0.15, 0.2) is 0 Å². The fourth-order valence-electron chi connectivity index (χ4n) is 4.44. The van der Waals surface area contributed by atoms with Gasteiger partial charge in [-0.15, -0.1) is 0 Å². The zero-order valence-corrected chi connectivity index (χ0v) is 19.1. The number of carbonyl (C=O) groups excluding carboxylic acids is 1. The molecule has 29 heavy (non-hydrogen) atoms. The number of carbonyl (C=O) groups is 1. The first kappa shape index (κ1) is 22.2. The average Bonchev–Trinajstić information content (AvgIpc) is 2.96. The minimum Gasteiger partial charge on any atom is -0.342 e. The Morgan fingerprint density at radius 3 is 1.86 bits per heavy atom. The van der Waals surface area contributed by atoms with E-state index in [1.807, 2.05) is 32.6 Å². The van der Waals surface area contributed by atoms with Crippen molar-refractivity contribution < 1.29 is 13.2 Å². The molecule has 2 aliphatic rings. The molecule has 0 radical (unpaired) electrons. The zero-order valence-electron chi connectivity index (χ0n) is 18.3. The van der Waals surface area contributed by atoms with Gasteiger partial charge in [0.05, 0.1) is 11.4 Å². The lowest BCUT2D eigenvalue weighted by Crippen LogP contribution is -2.51. The summed E-state index contributed by atoms with van der Waals surface area (Å²) in [6, 6.07) is 2.05. The molecule has 1 aromatic rings. The van der Waals surface area contributed by atoms with E-state index in [4.69, 9.17) is 0 Å². The highest BCUT2D eigenvalue weighted by molar-refractivity contribution is 7.89. The molecule has 2 fully saturated rings. The Hall–Kier alpha value is -1.44. The summed E-state index contributed by atoms with van der Waals surface area (Å²) in [5.74, 6) is 0.184. The second kappa shape index (κ2) is 9.14. The number of aryl methyl sites for hydroxylation is 2. The molecule has 0 saturated carbocycles. The van der Waals surface area contributed by atoms with Crippen molar-refractivity contribution in [3.63, 3.8) is 0 Å². The fraction of sp³-hybridized carbons (Fsp3) is 0.682. The summed E-state index contributed by atoms with van der Waals surface area (Å²) in [5, 5.41) is 0. The molecular formula is C22H35N3O3S. The Morgan fingerprint density at radius 2 is 1.34 bits per heavy atom. The van der Waals surface area contributed by atoms with Gasteiger partial charge in [-0.3, -0.25) is 9.69 Å². The van der Waals surface area contributed by atoms with Gasteiger partial charge in [0, 0.05) is 39.3 Å². The Kier molecular flexibility index (Phi) is 7.02. The third kappa shape index (κ3) is 4.84. The quantitative estimate of drug-likeness (QED) is 0.750. The SMILES string of the molecule is Cc1cc(C)c(C)c(S(=O)(=O)N2CCN(CC(=O)N3CCCCCC3)CC2)c1C. The number of hydrogen-bond donors (Lipinski definition) is 0. The van der Waals surface area contributed by atoms with Gasteiger partial charge in [0.25, 0.3) is 0 Å². The van der Waals surface area contributed by atoms with E-state index in [9.17, 15) is 13.2 Å². The summed E-state index contributed by atoms with van der Waals surface area (Å²) in [4.78, 5) is 17.2. The molecule has 0 spiro atoms. The summed E-state index contributed by atoms with van der Waals surface area (Å²) < 4.78 is 28.4. The number of amides is 1. The van der Waals surface area contributed by atoms with E-state index in [-0.39, 0.29) is 5.91 Å². The van der Waals surface area contributed by atoms with Crippen LogP contribution in [-0.2, 0) is 14.8 Å². The maximum atomic E-state index is 13.4. The van der Waals surface area contributed by atoms with Crippen LogP contribution in [0.25, 0.3) is 0 Å². The van der Waals surface area contributed by atoms with Gasteiger partial charge in [-0.25, -0.2) is 8.42 Å². The van der Waals surface area contributed by atoms with Crippen molar-refractivity contribution in [1.29, 1.82) is 0 Å². The van der Waals surface area contributed by atoms with Crippen LogP contribution in [0, 0.1) is 27.7 Å². The molecule has 3 rings (SSSR count). The first-order valence-electron chi connectivity index (χ1n) is 10.8. The van der Waals surface area contributed by atoms with Gasteiger partial charge in [-0.2, -0.15) is 4.31 Å². The second-order valence-electron chi connectivity index (χ2n) is 8.56. The number of piperazine rings is 1. The number of hydrogen-bond acceptors (Lipinski definition) is 4. The predicted molar refractivity (Wildman–Crippen MR) is 116 cm³/mol. The highest BCUT2D eigenvalue weighted by Crippen LogP contribution is 2.29. The molecule has 162 valence electrons. The topological polar surface area (TPSA) is 60.9 Å². The molecule has 2 saturated heterocycles. The minimum absolute atomic E-state index is 0.184. The van der Waals surface area contributed by atoms with Gasteiger partial charge in [-0.05, 0) is 62.8 Å². The molecule has 0 unspecified atom stereocenters. The van der Waals surface area contributed by atoms with Crippen LogP contribution >= 0.6 is 0 Å². The van der Waals surface area contributed by atoms with Crippen LogP contribution in [-0.4, -0.2) is 74.2 Å². The number of benzene rings is 1. The maximum absolute atomic E-state index is 13.4. The lowest BCUT2D eigenvalue weighted by molar-refractivity contribution is -0.132. The van der Waals surface area contributed by atoms with Gasteiger partial charge in [0.1, 0.15) is 0 Å². The number of sulfonamides is 1. The normalized spacial score (nSPS) is 19.9. The van der Waals surface area contributed by atoms with Crippen LogP contribution in [0.1, 0.15) is 47.9 Å². The Bertz CT molecular complexity index is 824. The molecule has 2 aliphatic heterocycles. The number of rotatable bonds is 4. The molecular weight excluding hydrogens is 386 g/mol. The monoisotopic (exact) mass is 421 g/mol. The lowest BCUT2D eigenvalue weighted by atomic mass is 10.0. The summed E-state index contributed by atoms with van der Waals surface area (Å²) in [5.41, 5.74) is 3.69. The van der Waals surface area contributed by atoms with Crippen molar-refractivity contribution in [2.75, 3.05) is 45.8 Å². The van der Waals surface area contributed by atoms with Crippen molar-refractivity contribution in [2.45, 2.75) is 58.3 Å². The molecule has 1 amide bonds. The van der Waals surface area contributed by atoms with Crippen molar-refractivity contribution in [2.24, 2.45) is 0 Å². The van der Waals surface area contributed by atoms with E-state index in [0.29, 0.717) is 37.6 Å². The molecule has 0 atom stereocenters. The van der Waals surface area contributed by atoms with E-state index in [0.717, 1.165) is 48.2 Å². The molecule has 1 aromatic carbocycles. The molecule has 2 heterocycles. The van der Waals surface area contributed by atoms with E-state index in [2.05, 4.69) is 11.0 Å². The molecule has 0 aliphatic carbocycles. The maximum Gasteiger partial charge on any atom is 0.243 e. The minimum atomic E-state index is -3.53. The van der Waals surface area contributed by atoms with Crippen LogP contribution in [0.3, 0.4) is 0 Å². The second-order valence-corrected chi connectivity index (χ2v) is 10.4. The Morgan fingerprint density at radius 1 is 0.828 bits per heavy atom. The predicted octanol–water partition coefficient (Wildman–Crippen LogP) is 2.63. The summed E-state index contributed by atoms with van der Waals surface area (Å²) in [7, 11) is -3.53. The van der Waals surface area contributed by atoms with Crippen LogP contribution in [0.4, 0.5) is 0 Å². The smallest absolute Gasteiger partial charge is 0.243 e. The van der Waals surface area contributed by atoms with Crippen LogP contribution in [0.15, 0.2) is 11.0 Å². The molecule has 0 bridgehead atoms. The Labute approximate surface area is 175 Å². The first-order chi connectivity index (χ1) is 13.7. The fourth-order valence-corrected chi connectivity index (χ4v) is 6.43. The zero-order chi connectivity index (χ0) is 21.2. The summed E-state index contributed by atoms with van der Waals surface area (Å²) in [6.45, 7) is 11.9. The summed E-state index contributed by atoms with van der Waals surface area (Å²) in [6.07, 6.45) is 4.59. The van der Waals surface area contributed by atoms with Gasteiger partial charge < -0.3 is 4.90 Å².